The maximum Gasteiger partial charge on any atom is 0.340 e. The van der Waals surface area contributed by atoms with Crippen LogP contribution < -0.4 is 10.5 Å². The number of methoxy groups -OCH3 is 1. The van der Waals surface area contributed by atoms with Crippen molar-refractivity contribution in [3.8, 4) is 5.75 Å². The molecule has 0 aliphatic carbocycles. The quantitative estimate of drug-likeness (QED) is 0.695. The van der Waals surface area contributed by atoms with Gasteiger partial charge in [0.2, 0.25) is 0 Å². The Morgan fingerprint density at radius 1 is 1.14 bits per heavy atom. The van der Waals surface area contributed by atoms with Crippen molar-refractivity contribution in [1.29, 1.82) is 0 Å². The fourth-order valence-corrected chi connectivity index (χ4v) is 1.71. The highest BCUT2D eigenvalue weighted by atomic mass is 19.2. The summed E-state index contributed by atoms with van der Waals surface area (Å²) in [6, 6.07) is 8.00. The third kappa shape index (κ3) is 3.47. The summed E-state index contributed by atoms with van der Waals surface area (Å²) in [5.74, 6) is -2.07. The molecule has 110 valence electrons. The van der Waals surface area contributed by atoms with E-state index in [1.165, 1.54) is 25.3 Å². The van der Waals surface area contributed by atoms with Gasteiger partial charge in [-0.15, -0.1) is 0 Å². The normalized spacial score (nSPS) is 10.2. The van der Waals surface area contributed by atoms with E-state index in [9.17, 15) is 13.6 Å². The number of halogens is 2. The molecular formula is C15H13F2NO3. The molecule has 0 fully saturated rings. The van der Waals surface area contributed by atoms with Crippen LogP contribution in [0.25, 0.3) is 0 Å². The first-order valence-electron chi connectivity index (χ1n) is 6.06. The number of nitrogens with two attached hydrogens (primary N) is 1. The van der Waals surface area contributed by atoms with Crippen LogP contribution in [-0.2, 0) is 11.3 Å². The van der Waals surface area contributed by atoms with Crippen LogP contribution in [0.2, 0.25) is 0 Å². The molecule has 0 aliphatic rings. The summed E-state index contributed by atoms with van der Waals surface area (Å²) in [4.78, 5) is 11.5. The Bertz CT molecular complexity index is 674. The van der Waals surface area contributed by atoms with E-state index in [1.54, 1.807) is 6.07 Å². The largest absolute Gasteiger partial charge is 0.489 e. The lowest BCUT2D eigenvalue weighted by Gasteiger charge is -2.09. The lowest BCUT2D eigenvalue weighted by Crippen LogP contribution is -2.06. The van der Waals surface area contributed by atoms with Crippen LogP contribution in [-0.4, -0.2) is 13.1 Å². The molecule has 0 saturated heterocycles. The summed E-state index contributed by atoms with van der Waals surface area (Å²) in [6.07, 6.45) is 0. The fraction of sp³-hybridized carbons (Fsp3) is 0.133. The van der Waals surface area contributed by atoms with Gasteiger partial charge in [0.1, 0.15) is 12.4 Å². The number of nitrogen functional groups attached to an aromatic ring is 1. The van der Waals surface area contributed by atoms with E-state index >= 15 is 0 Å². The number of anilines is 1. The Morgan fingerprint density at radius 2 is 1.90 bits per heavy atom. The van der Waals surface area contributed by atoms with Crippen LogP contribution in [0.5, 0.6) is 5.75 Å². The molecule has 0 heterocycles. The van der Waals surface area contributed by atoms with Crippen molar-refractivity contribution in [2.45, 2.75) is 6.61 Å². The molecule has 0 aliphatic heterocycles. The molecule has 21 heavy (non-hydrogen) atoms. The second-order valence-electron chi connectivity index (χ2n) is 4.28. The van der Waals surface area contributed by atoms with Gasteiger partial charge in [0.25, 0.3) is 0 Å². The van der Waals surface area contributed by atoms with Crippen LogP contribution in [0.3, 0.4) is 0 Å². The number of esters is 1. The zero-order valence-corrected chi connectivity index (χ0v) is 11.2. The van der Waals surface area contributed by atoms with Gasteiger partial charge in [0.05, 0.1) is 12.7 Å². The predicted molar refractivity (Wildman–Crippen MR) is 72.9 cm³/mol. The van der Waals surface area contributed by atoms with Gasteiger partial charge in [-0.3, -0.25) is 0 Å². The molecule has 2 aromatic carbocycles. The summed E-state index contributed by atoms with van der Waals surface area (Å²) in [7, 11) is 1.25. The molecular weight excluding hydrogens is 280 g/mol. The number of carbonyl (C=O) groups excluding carboxylic acids is 1. The van der Waals surface area contributed by atoms with Crippen molar-refractivity contribution in [3.63, 3.8) is 0 Å². The SMILES string of the molecule is COC(=O)c1cc(OCc2ccc(F)c(F)c2)ccc1N. The lowest BCUT2D eigenvalue weighted by atomic mass is 10.1. The molecule has 0 unspecified atom stereocenters. The van der Waals surface area contributed by atoms with Crippen molar-refractivity contribution in [2.24, 2.45) is 0 Å². The molecule has 4 nitrogen and oxygen atoms in total. The maximum absolute atomic E-state index is 13.1. The third-order valence-electron chi connectivity index (χ3n) is 2.82. The number of ether oxygens (including phenoxy) is 2. The standard InChI is InChI=1S/C15H13F2NO3/c1-20-15(19)11-7-10(3-5-14(11)18)21-8-9-2-4-12(16)13(17)6-9/h2-7H,8,18H2,1H3. The first-order valence-corrected chi connectivity index (χ1v) is 6.06. The van der Waals surface area contributed by atoms with Crippen molar-refractivity contribution in [1.82, 2.24) is 0 Å². The van der Waals surface area contributed by atoms with Crippen molar-refractivity contribution >= 4 is 11.7 Å². The first kappa shape index (κ1) is 14.8. The number of hydrogen-bond donors (Lipinski definition) is 1. The van der Waals surface area contributed by atoms with E-state index in [-0.39, 0.29) is 17.9 Å². The monoisotopic (exact) mass is 293 g/mol. The number of benzene rings is 2. The number of rotatable bonds is 4. The Kier molecular flexibility index (Phi) is 4.37. The van der Waals surface area contributed by atoms with Gasteiger partial charge in [-0.2, -0.15) is 0 Å². The Balaban J connectivity index is 2.13. The highest BCUT2D eigenvalue weighted by Crippen LogP contribution is 2.21. The maximum atomic E-state index is 13.1. The summed E-state index contributed by atoms with van der Waals surface area (Å²) < 4.78 is 35.9. The second kappa shape index (κ2) is 6.21. The zero-order chi connectivity index (χ0) is 15.4. The molecule has 2 rings (SSSR count). The van der Waals surface area contributed by atoms with E-state index in [2.05, 4.69) is 4.74 Å². The lowest BCUT2D eigenvalue weighted by molar-refractivity contribution is 0.0601. The summed E-state index contributed by atoms with van der Waals surface area (Å²) >= 11 is 0. The first-order chi connectivity index (χ1) is 10.0. The molecule has 2 N–H and O–H groups in total. The van der Waals surface area contributed by atoms with Crippen LogP contribution in [0, 0.1) is 11.6 Å². The van der Waals surface area contributed by atoms with Crippen molar-refractivity contribution in [3.05, 3.63) is 59.2 Å². The van der Waals surface area contributed by atoms with E-state index < -0.39 is 17.6 Å². The highest BCUT2D eigenvalue weighted by Gasteiger charge is 2.11. The molecule has 0 amide bonds. The van der Waals surface area contributed by atoms with Gasteiger partial charge in [-0.1, -0.05) is 6.07 Å². The highest BCUT2D eigenvalue weighted by molar-refractivity contribution is 5.95. The molecule has 0 saturated carbocycles. The van der Waals surface area contributed by atoms with Gasteiger partial charge < -0.3 is 15.2 Å². The summed E-state index contributed by atoms with van der Waals surface area (Å²) in [5, 5.41) is 0. The predicted octanol–water partition coefficient (Wildman–Crippen LogP) is 2.91. The average molecular weight is 293 g/mol. The minimum absolute atomic E-state index is 0.0295. The molecule has 0 atom stereocenters. The zero-order valence-electron chi connectivity index (χ0n) is 11.2. The average Bonchev–Trinajstić information content (AvgIpc) is 2.49. The van der Waals surface area contributed by atoms with Crippen LogP contribution in [0.1, 0.15) is 15.9 Å². The van der Waals surface area contributed by atoms with Gasteiger partial charge >= 0.3 is 5.97 Å². The van der Waals surface area contributed by atoms with Crippen molar-refractivity contribution < 1.29 is 23.0 Å². The van der Waals surface area contributed by atoms with Gasteiger partial charge in [-0.25, -0.2) is 13.6 Å². The van der Waals surface area contributed by atoms with Crippen LogP contribution in [0.15, 0.2) is 36.4 Å². The van der Waals surface area contributed by atoms with E-state index in [4.69, 9.17) is 10.5 Å². The second-order valence-corrected chi connectivity index (χ2v) is 4.28. The van der Waals surface area contributed by atoms with Gasteiger partial charge in [0.15, 0.2) is 11.6 Å². The minimum Gasteiger partial charge on any atom is -0.489 e. The minimum atomic E-state index is -0.941. The molecule has 0 spiro atoms. The molecule has 0 radical (unpaired) electrons. The smallest absolute Gasteiger partial charge is 0.340 e. The Morgan fingerprint density at radius 3 is 2.57 bits per heavy atom. The Labute approximate surface area is 120 Å². The van der Waals surface area contributed by atoms with E-state index in [0.717, 1.165) is 12.1 Å². The fourth-order valence-electron chi connectivity index (χ4n) is 1.71. The van der Waals surface area contributed by atoms with Crippen LogP contribution >= 0.6 is 0 Å². The van der Waals surface area contributed by atoms with Crippen molar-refractivity contribution in [2.75, 3.05) is 12.8 Å². The summed E-state index contributed by atoms with van der Waals surface area (Å²) in [6.45, 7) is 0.0295. The van der Waals surface area contributed by atoms with Gasteiger partial charge in [0, 0.05) is 5.69 Å². The van der Waals surface area contributed by atoms with E-state index in [1.807, 2.05) is 0 Å². The summed E-state index contributed by atoms with van der Waals surface area (Å²) in [5.41, 5.74) is 6.57. The number of carbonyl (C=O) groups is 1. The molecule has 6 heteroatoms. The number of hydrogen-bond acceptors (Lipinski definition) is 4. The van der Waals surface area contributed by atoms with E-state index in [0.29, 0.717) is 11.3 Å². The van der Waals surface area contributed by atoms with Gasteiger partial charge in [-0.05, 0) is 35.9 Å². The molecule has 2 aromatic rings. The molecule has 0 aromatic heterocycles. The topological polar surface area (TPSA) is 61.5 Å². The Hall–Kier alpha value is -2.63. The third-order valence-corrected chi connectivity index (χ3v) is 2.82. The molecule has 0 bridgehead atoms. The van der Waals surface area contributed by atoms with Crippen LogP contribution in [0.4, 0.5) is 14.5 Å².